The Labute approximate surface area is 125 Å². The molecule has 0 spiro atoms. The van der Waals surface area contributed by atoms with Crippen LogP contribution in [0.5, 0.6) is 0 Å². The molecule has 0 aliphatic heterocycles. The molecule has 0 aliphatic rings. The zero-order valence-electron chi connectivity index (χ0n) is 10.9. The number of nitrogens with one attached hydrogen (secondary N) is 1. The number of amides is 1. The summed E-state index contributed by atoms with van der Waals surface area (Å²) in [7, 11) is 0. The van der Waals surface area contributed by atoms with E-state index in [-0.39, 0.29) is 18.3 Å². The molecular weight excluding hydrogens is 323 g/mol. The highest BCUT2D eigenvalue weighted by atomic mass is 79.9. The van der Waals surface area contributed by atoms with E-state index in [2.05, 4.69) is 21.2 Å². The van der Waals surface area contributed by atoms with Crippen LogP contribution in [-0.4, -0.2) is 5.91 Å². The molecule has 5 heteroatoms. The highest BCUT2D eigenvalue weighted by molar-refractivity contribution is 9.10. The summed E-state index contributed by atoms with van der Waals surface area (Å²) in [5, 5.41) is 2.74. The maximum absolute atomic E-state index is 13.2. The Bertz CT molecular complexity index is 658. The molecule has 3 nitrogen and oxygen atoms in total. The first-order chi connectivity index (χ1) is 9.47. The van der Waals surface area contributed by atoms with Gasteiger partial charge in [-0.15, -0.1) is 0 Å². The van der Waals surface area contributed by atoms with Crippen LogP contribution in [0.1, 0.15) is 21.5 Å². The highest BCUT2D eigenvalue weighted by Gasteiger charge is 2.10. The van der Waals surface area contributed by atoms with E-state index in [9.17, 15) is 9.18 Å². The molecule has 0 saturated heterocycles. The first kappa shape index (κ1) is 14.5. The quantitative estimate of drug-likeness (QED) is 0.844. The number of carbonyl (C=O) groups is 1. The number of nitrogen functional groups attached to an aromatic ring is 1. The van der Waals surface area contributed by atoms with Crippen molar-refractivity contribution in [3.63, 3.8) is 0 Å². The Morgan fingerprint density at radius 3 is 2.80 bits per heavy atom. The van der Waals surface area contributed by atoms with Gasteiger partial charge in [-0.2, -0.15) is 0 Å². The van der Waals surface area contributed by atoms with Crippen molar-refractivity contribution in [2.24, 2.45) is 0 Å². The normalized spacial score (nSPS) is 10.3. The second kappa shape index (κ2) is 6.05. The van der Waals surface area contributed by atoms with E-state index in [0.29, 0.717) is 16.8 Å². The molecule has 20 heavy (non-hydrogen) atoms. The number of nitrogens with two attached hydrogens (primary N) is 1. The molecule has 0 atom stereocenters. The number of hydrogen-bond acceptors (Lipinski definition) is 2. The first-order valence-corrected chi connectivity index (χ1v) is 6.85. The minimum Gasteiger partial charge on any atom is -0.398 e. The minimum absolute atomic E-state index is 0.227. The predicted octanol–water partition coefficient (Wildman–Crippen LogP) is 3.41. The lowest BCUT2D eigenvalue weighted by Gasteiger charge is -2.09. The summed E-state index contributed by atoms with van der Waals surface area (Å²) in [5.74, 6) is -0.616. The Morgan fingerprint density at radius 1 is 1.30 bits per heavy atom. The van der Waals surface area contributed by atoms with E-state index in [0.717, 1.165) is 10.0 Å². The SMILES string of the molecule is Cc1ccc(N)c(C(=O)NCc2cc(F)ccc2Br)c1. The Balaban J connectivity index is 2.12. The number of aryl methyl sites for hydroxylation is 1. The maximum atomic E-state index is 13.2. The standard InChI is InChI=1S/C15H14BrFN2O/c1-9-2-5-14(18)12(6-9)15(20)19-8-10-7-11(17)3-4-13(10)16/h2-7H,8,18H2,1H3,(H,19,20). The van der Waals surface area contributed by atoms with Crippen LogP contribution in [0, 0.1) is 12.7 Å². The number of rotatable bonds is 3. The summed E-state index contributed by atoms with van der Waals surface area (Å²) in [6, 6.07) is 9.61. The van der Waals surface area contributed by atoms with Crippen LogP contribution in [0.15, 0.2) is 40.9 Å². The van der Waals surface area contributed by atoms with Crippen LogP contribution in [0.2, 0.25) is 0 Å². The van der Waals surface area contributed by atoms with Crippen LogP contribution < -0.4 is 11.1 Å². The zero-order chi connectivity index (χ0) is 14.7. The van der Waals surface area contributed by atoms with Crippen LogP contribution in [-0.2, 0) is 6.54 Å². The van der Waals surface area contributed by atoms with Gasteiger partial charge >= 0.3 is 0 Å². The Hall–Kier alpha value is -1.88. The zero-order valence-corrected chi connectivity index (χ0v) is 12.5. The number of halogens is 2. The van der Waals surface area contributed by atoms with Crippen molar-refractivity contribution in [1.82, 2.24) is 5.32 Å². The molecule has 2 aromatic carbocycles. The van der Waals surface area contributed by atoms with Crippen molar-refractivity contribution in [3.8, 4) is 0 Å². The number of benzene rings is 2. The average molecular weight is 337 g/mol. The van der Waals surface area contributed by atoms with E-state index < -0.39 is 0 Å². The Morgan fingerprint density at radius 2 is 2.05 bits per heavy atom. The van der Waals surface area contributed by atoms with Gasteiger partial charge in [-0.1, -0.05) is 27.6 Å². The fraction of sp³-hybridized carbons (Fsp3) is 0.133. The molecule has 0 unspecified atom stereocenters. The number of hydrogen-bond donors (Lipinski definition) is 2. The third-order valence-corrected chi connectivity index (χ3v) is 3.67. The Kier molecular flexibility index (Phi) is 4.39. The van der Waals surface area contributed by atoms with Crippen molar-refractivity contribution >= 4 is 27.5 Å². The molecule has 3 N–H and O–H groups in total. The van der Waals surface area contributed by atoms with Crippen LogP contribution >= 0.6 is 15.9 Å². The predicted molar refractivity (Wildman–Crippen MR) is 80.9 cm³/mol. The molecule has 1 amide bonds. The molecule has 0 aliphatic carbocycles. The summed E-state index contributed by atoms with van der Waals surface area (Å²) in [5.41, 5.74) is 8.26. The third-order valence-electron chi connectivity index (χ3n) is 2.90. The molecule has 0 bridgehead atoms. The van der Waals surface area contributed by atoms with Gasteiger partial charge in [0.1, 0.15) is 5.82 Å². The molecular formula is C15H14BrFN2O. The molecule has 0 fully saturated rings. The van der Waals surface area contributed by atoms with Crippen LogP contribution in [0.3, 0.4) is 0 Å². The van der Waals surface area contributed by atoms with Gasteiger partial charge in [0, 0.05) is 16.7 Å². The largest absolute Gasteiger partial charge is 0.398 e. The van der Waals surface area contributed by atoms with Gasteiger partial charge in [0.2, 0.25) is 0 Å². The van der Waals surface area contributed by atoms with Gasteiger partial charge in [-0.25, -0.2) is 4.39 Å². The van der Waals surface area contributed by atoms with Gasteiger partial charge in [0.15, 0.2) is 0 Å². The van der Waals surface area contributed by atoms with Gasteiger partial charge in [0.25, 0.3) is 5.91 Å². The van der Waals surface area contributed by atoms with E-state index in [1.165, 1.54) is 12.1 Å². The average Bonchev–Trinajstić information content (AvgIpc) is 2.42. The summed E-state index contributed by atoms with van der Waals surface area (Å²) in [6.07, 6.45) is 0. The van der Waals surface area contributed by atoms with Crippen molar-refractivity contribution in [2.75, 3.05) is 5.73 Å². The second-order valence-corrected chi connectivity index (χ2v) is 5.36. The monoisotopic (exact) mass is 336 g/mol. The van der Waals surface area contributed by atoms with Gasteiger partial charge < -0.3 is 11.1 Å². The van der Waals surface area contributed by atoms with Crippen molar-refractivity contribution in [2.45, 2.75) is 13.5 Å². The number of anilines is 1. The van der Waals surface area contributed by atoms with Gasteiger partial charge in [0.05, 0.1) is 5.56 Å². The molecule has 0 heterocycles. The number of carbonyl (C=O) groups excluding carboxylic acids is 1. The van der Waals surface area contributed by atoms with Crippen molar-refractivity contribution < 1.29 is 9.18 Å². The molecule has 2 rings (SSSR count). The first-order valence-electron chi connectivity index (χ1n) is 6.05. The summed E-state index contributed by atoms with van der Waals surface area (Å²) < 4.78 is 13.9. The topological polar surface area (TPSA) is 55.1 Å². The minimum atomic E-state index is -0.340. The second-order valence-electron chi connectivity index (χ2n) is 4.51. The molecule has 2 aromatic rings. The summed E-state index contributed by atoms with van der Waals surface area (Å²) in [4.78, 5) is 12.1. The highest BCUT2D eigenvalue weighted by Crippen LogP contribution is 2.18. The van der Waals surface area contributed by atoms with Crippen molar-refractivity contribution in [1.29, 1.82) is 0 Å². The van der Waals surface area contributed by atoms with E-state index >= 15 is 0 Å². The molecule has 104 valence electrons. The smallest absolute Gasteiger partial charge is 0.253 e. The van der Waals surface area contributed by atoms with Crippen LogP contribution in [0.25, 0.3) is 0 Å². The summed E-state index contributed by atoms with van der Waals surface area (Å²) in [6.45, 7) is 2.12. The lowest BCUT2D eigenvalue weighted by Crippen LogP contribution is -2.24. The fourth-order valence-corrected chi connectivity index (χ4v) is 2.20. The maximum Gasteiger partial charge on any atom is 0.253 e. The molecule has 0 saturated carbocycles. The fourth-order valence-electron chi connectivity index (χ4n) is 1.82. The lowest BCUT2D eigenvalue weighted by molar-refractivity contribution is 0.0951. The summed E-state index contributed by atoms with van der Waals surface area (Å²) >= 11 is 3.32. The van der Waals surface area contributed by atoms with Crippen LogP contribution in [0.4, 0.5) is 10.1 Å². The molecule has 0 radical (unpaired) electrons. The molecule has 0 aromatic heterocycles. The van der Waals surface area contributed by atoms with E-state index in [1.807, 2.05) is 13.0 Å². The lowest BCUT2D eigenvalue weighted by atomic mass is 10.1. The van der Waals surface area contributed by atoms with Gasteiger partial charge in [-0.3, -0.25) is 4.79 Å². The van der Waals surface area contributed by atoms with E-state index in [1.54, 1.807) is 18.2 Å². The van der Waals surface area contributed by atoms with Crippen molar-refractivity contribution in [3.05, 3.63) is 63.4 Å². The van der Waals surface area contributed by atoms with Gasteiger partial charge in [-0.05, 0) is 42.8 Å². The third kappa shape index (κ3) is 3.36. The van der Waals surface area contributed by atoms with E-state index in [4.69, 9.17) is 5.73 Å².